The van der Waals surface area contributed by atoms with Crippen molar-refractivity contribution in [1.29, 1.82) is 0 Å². The SMILES string of the molecule is NCCCC[C@H](NC(=O)[C@@H](N)CCCN=C(N)N)C(=O)N[C@@H](CCCN=C(N)N)C(=O)O. The van der Waals surface area contributed by atoms with Gasteiger partial charge in [0, 0.05) is 13.1 Å². The van der Waals surface area contributed by atoms with Crippen molar-refractivity contribution in [2.45, 2.75) is 63.1 Å². The van der Waals surface area contributed by atoms with Crippen LogP contribution in [0.5, 0.6) is 0 Å². The fraction of sp³-hybridized carbons (Fsp3) is 0.722. The molecule has 32 heavy (non-hydrogen) atoms. The first-order valence-electron chi connectivity index (χ1n) is 10.5. The number of carboxylic acids is 1. The van der Waals surface area contributed by atoms with E-state index in [4.69, 9.17) is 34.4 Å². The van der Waals surface area contributed by atoms with Crippen LogP contribution in [0.25, 0.3) is 0 Å². The molecule has 0 aromatic carbocycles. The van der Waals surface area contributed by atoms with Crippen LogP contribution in [-0.4, -0.2) is 72.6 Å². The predicted molar refractivity (Wildman–Crippen MR) is 122 cm³/mol. The lowest BCUT2D eigenvalue weighted by molar-refractivity contribution is -0.142. The Morgan fingerprint density at radius 2 is 1.25 bits per heavy atom. The van der Waals surface area contributed by atoms with Gasteiger partial charge in [-0.05, 0) is 51.5 Å². The summed E-state index contributed by atoms with van der Waals surface area (Å²) in [6, 6.07) is -2.97. The topological polar surface area (TPSA) is 276 Å². The van der Waals surface area contributed by atoms with Crippen LogP contribution in [0.4, 0.5) is 0 Å². The molecule has 0 radical (unpaired) electrons. The number of rotatable bonds is 17. The molecule has 0 aliphatic carbocycles. The number of carbonyl (C=O) groups is 3. The normalized spacial score (nSPS) is 13.3. The quantitative estimate of drug-likeness (QED) is 0.0591. The van der Waals surface area contributed by atoms with Crippen molar-refractivity contribution in [1.82, 2.24) is 10.6 Å². The Labute approximate surface area is 187 Å². The van der Waals surface area contributed by atoms with E-state index in [9.17, 15) is 19.5 Å². The van der Waals surface area contributed by atoms with Gasteiger partial charge in [-0.25, -0.2) is 4.79 Å². The van der Waals surface area contributed by atoms with Crippen LogP contribution in [0, 0.1) is 0 Å². The predicted octanol–water partition coefficient (Wildman–Crippen LogP) is -3.40. The van der Waals surface area contributed by atoms with Crippen LogP contribution in [0.2, 0.25) is 0 Å². The number of aliphatic carboxylic acids is 1. The molecule has 184 valence electrons. The van der Waals surface area contributed by atoms with Crippen molar-refractivity contribution in [2.24, 2.45) is 44.4 Å². The van der Waals surface area contributed by atoms with E-state index in [1.165, 1.54) is 0 Å². The second kappa shape index (κ2) is 16.5. The highest BCUT2D eigenvalue weighted by Gasteiger charge is 2.27. The van der Waals surface area contributed by atoms with Crippen molar-refractivity contribution in [2.75, 3.05) is 19.6 Å². The first-order chi connectivity index (χ1) is 15.1. The molecule has 14 nitrogen and oxygen atoms in total. The number of carboxylic acid groups (broad SMARTS) is 1. The molecular weight excluding hydrogens is 420 g/mol. The number of nitrogens with zero attached hydrogens (tertiary/aromatic N) is 2. The Balaban J connectivity index is 4.94. The molecule has 0 aromatic rings. The van der Waals surface area contributed by atoms with Crippen molar-refractivity contribution < 1.29 is 19.5 Å². The van der Waals surface area contributed by atoms with Crippen LogP contribution in [0.15, 0.2) is 9.98 Å². The number of carbonyl (C=O) groups excluding carboxylic acids is 2. The third kappa shape index (κ3) is 14.0. The third-order valence-corrected chi connectivity index (χ3v) is 4.44. The number of hydrogen-bond acceptors (Lipinski definition) is 7. The summed E-state index contributed by atoms with van der Waals surface area (Å²) in [4.78, 5) is 44.3. The van der Waals surface area contributed by atoms with Gasteiger partial charge < -0.3 is 50.1 Å². The molecule has 0 spiro atoms. The smallest absolute Gasteiger partial charge is 0.326 e. The first-order valence-corrected chi connectivity index (χ1v) is 10.5. The second-order valence-electron chi connectivity index (χ2n) is 7.25. The Morgan fingerprint density at radius 3 is 1.75 bits per heavy atom. The number of amides is 2. The maximum Gasteiger partial charge on any atom is 0.326 e. The molecule has 0 bridgehead atoms. The molecular formula is C18H38N10O4. The minimum atomic E-state index is -1.20. The highest BCUT2D eigenvalue weighted by atomic mass is 16.4. The molecule has 0 saturated carbocycles. The number of aliphatic imine (C=N–C) groups is 2. The fourth-order valence-corrected chi connectivity index (χ4v) is 2.72. The summed E-state index contributed by atoms with van der Waals surface area (Å²) in [6.07, 6.45) is 2.75. The maximum atomic E-state index is 12.7. The zero-order valence-corrected chi connectivity index (χ0v) is 18.3. The Kier molecular flexibility index (Phi) is 14.9. The molecule has 0 aliphatic rings. The Morgan fingerprint density at radius 1 is 0.750 bits per heavy atom. The van der Waals surface area contributed by atoms with Gasteiger partial charge in [-0.3, -0.25) is 19.6 Å². The molecule has 0 rings (SSSR count). The minimum Gasteiger partial charge on any atom is -0.480 e. The van der Waals surface area contributed by atoms with Gasteiger partial charge in [-0.1, -0.05) is 0 Å². The number of nitrogens with two attached hydrogens (primary N) is 6. The molecule has 0 heterocycles. The molecule has 0 fully saturated rings. The fourth-order valence-electron chi connectivity index (χ4n) is 2.72. The highest BCUT2D eigenvalue weighted by molar-refractivity contribution is 5.91. The lowest BCUT2D eigenvalue weighted by atomic mass is 10.1. The molecule has 0 aliphatic heterocycles. The van der Waals surface area contributed by atoms with Crippen LogP contribution in [0.3, 0.4) is 0 Å². The minimum absolute atomic E-state index is 0.0501. The van der Waals surface area contributed by atoms with Gasteiger partial charge >= 0.3 is 5.97 Å². The molecule has 15 N–H and O–H groups in total. The van der Waals surface area contributed by atoms with Gasteiger partial charge in [-0.2, -0.15) is 0 Å². The standard InChI is InChI=1S/C18H38N10O4/c19-8-2-1-6-12(27-14(29)11(20)5-3-9-25-17(21)22)15(30)28-13(16(31)32)7-4-10-26-18(23)24/h11-13H,1-10,19-20H2,(H,27,29)(H,28,30)(H,31,32)(H4,21,22,25)(H4,23,24,26)/t11-,12-,13-/m0/s1. The lowest BCUT2D eigenvalue weighted by Gasteiger charge is -2.23. The summed E-state index contributed by atoms with van der Waals surface area (Å²) in [5, 5.41) is 14.5. The molecule has 0 saturated heterocycles. The van der Waals surface area contributed by atoms with Crippen LogP contribution in [0.1, 0.15) is 44.9 Å². The van der Waals surface area contributed by atoms with E-state index in [1.807, 2.05) is 0 Å². The van der Waals surface area contributed by atoms with Crippen LogP contribution >= 0.6 is 0 Å². The molecule has 2 amide bonds. The molecule has 14 heteroatoms. The van der Waals surface area contributed by atoms with E-state index in [1.54, 1.807) is 0 Å². The highest BCUT2D eigenvalue weighted by Crippen LogP contribution is 2.06. The van der Waals surface area contributed by atoms with Gasteiger partial charge in [0.25, 0.3) is 0 Å². The lowest BCUT2D eigenvalue weighted by Crippen LogP contribution is -2.54. The zero-order valence-electron chi connectivity index (χ0n) is 18.3. The van der Waals surface area contributed by atoms with Gasteiger partial charge in [0.05, 0.1) is 6.04 Å². The monoisotopic (exact) mass is 458 g/mol. The van der Waals surface area contributed by atoms with Crippen molar-refractivity contribution in [3.8, 4) is 0 Å². The van der Waals surface area contributed by atoms with Gasteiger partial charge in [-0.15, -0.1) is 0 Å². The molecule has 0 aromatic heterocycles. The van der Waals surface area contributed by atoms with E-state index in [0.29, 0.717) is 45.2 Å². The number of hydrogen-bond donors (Lipinski definition) is 9. The van der Waals surface area contributed by atoms with E-state index in [-0.39, 0.29) is 31.3 Å². The first kappa shape index (κ1) is 28.9. The molecule has 0 unspecified atom stereocenters. The van der Waals surface area contributed by atoms with Crippen molar-refractivity contribution in [3.63, 3.8) is 0 Å². The largest absolute Gasteiger partial charge is 0.480 e. The van der Waals surface area contributed by atoms with Crippen LogP contribution < -0.4 is 45.0 Å². The number of guanidine groups is 2. The second-order valence-corrected chi connectivity index (χ2v) is 7.25. The van der Waals surface area contributed by atoms with Gasteiger partial charge in [0.1, 0.15) is 12.1 Å². The summed E-state index contributed by atoms with van der Waals surface area (Å²) < 4.78 is 0. The van der Waals surface area contributed by atoms with E-state index >= 15 is 0 Å². The zero-order chi connectivity index (χ0) is 24.5. The summed E-state index contributed by atoms with van der Waals surface area (Å²) in [5.41, 5.74) is 32.3. The van der Waals surface area contributed by atoms with E-state index in [0.717, 1.165) is 0 Å². The average Bonchev–Trinajstić information content (AvgIpc) is 2.71. The van der Waals surface area contributed by atoms with Crippen molar-refractivity contribution >= 4 is 29.7 Å². The van der Waals surface area contributed by atoms with E-state index in [2.05, 4.69) is 20.6 Å². The van der Waals surface area contributed by atoms with Gasteiger partial charge in [0.2, 0.25) is 11.8 Å². The average molecular weight is 459 g/mol. The summed E-state index contributed by atoms with van der Waals surface area (Å²) in [5.74, 6) is -2.49. The van der Waals surface area contributed by atoms with Gasteiger partial charge in [0.15, 0.2) is 11.9 Å². The summed E-state index contributed by atoms with van der Waals surface area (Å²) in [7, 11) is 0. The van der Waals surface area contributed by atoms with Crippen molar-refractivity contribution in [3.05, 3.63) is 0 Å². The Bertz CT molecular complexity index is 648. The number of unbranched alkanes of at least 4 members (excludes halogenated alkanes) is 1. The third-order valence-electron chi connectivity index (χ3n) is 4.44. The Hall–Kier alpha value is -3.13. The molecule has 3 atom stereocenters. The number of nitrogens with one attached hydrogen (secondary N) is 2. The van der Waals surface area contributed by atoms with E-state index < -0.39 is 35.9 Å². The maximum absolute atomic E-state index is 12.7. The summed E-state index contributed by atoms with van der Waals surface area (Å²) in [6.45, 7) is 0.979. The summed E-state index contributed by atoms with van der Waals surface area (Å²) >= 11 is 0. The van der Waals surface area contributed by atoms with Crippen LogP contribution in [-0.2, 0) is 14.4 Å².